The van der Waals surface area contributed by atoms with Crippen molar-refractivity contribution in [2.24, 2.45) is 0 Å². The number of nitrogens with one attached hydrogen (secondary N) is 1. The lowest BCUT2D eigenvalue weighted by Gasteiger charge is -2.21. The molecule has 3 heteroatoms. The molecule has 112 valence electrons. The lowest BCUT2D eigenvalue weighted by atomic mass is 10.1. The molecule has 2 rings (SSSR count). The highest BCUT2D eigenvalue weighted by molar-refractivity contribution is 6.31. The minimum atomic E-state index is 0.742. The van der Waals surface area contributed by atoms with Crippen molar-refractivity contribution in [1.82, 2.24) is 10.2 Å². The molecule has 20 heavy (non-hydrogen) atoms. The van der Waals surface area contributed by atoms with E-state index in [1.165, 1.54) is 44.1 Å². The van der Waals surface area contributed by atoms with Crippen LogP contribution in [0.15, 0.2) is 24.3 Å². The second kappa shape index (κ2) is 8.66. The minimum absolute atomic E-state index is 0.742. The molecule has 1 aromatic carbocycles. The summed E-state index contributed by atoms with van der Waals surface area (Å²) in [6.07, 6.45) is 8.35. The van der Waals surface area contributed by atoms with Crippen molar-refractivity contribution >= 4 is 11.6 Å². The maximum atomic E-state index is 6.20. The van der Waals surface area contributed by atoms with E-state index in [1.807, 2.05) is 12.1 Å². The molecule has 0 bridgehead atoms. The van der Waals surface area contributed by atoms with Crippen LogP contribution in [0, 0.1) is 0 Å². The van der Waals surface area contributed by atoms with Crippen LogP contribution in [0.5, 0.6) is 0 Å². The highest BCUT2D eigenvalue weighted by Gasteiger charge is 2.11. The molecule has 1 aromatic rings. The Kier molecular flexibility index (Phi) is 6.85. The zero-order valence-corrected chi connectivity index (χ0v) is 13.3. The molecule has 0 heterocycles. The van der Waals surface area contributed by atoms with Crippen molar-refractivity contribution in [3.8, 4) is 0 Å². The topological polar surface area (TPSA) is 15.3 Å². The normalized spacial score (nSPS) is 17.4. The number of rotatable bonds is 6. The average molecular weight is 295 g/mol. The molecule has 0 atom stereocenters. The molecular weight excluding hydrogens is 268 g/mol. The zero-order chi connectivity index (χ0) is 14.2. The van der Waals surface area contributed by atoms with Gasteiger partial charge in [-0.05, 0) is 31.5 Å². The smallest absolute Gasteiger partial charge is 0.0451 e. The summed E-state index contributed by atoms with van der Waals surface area (Å²) in [5.41, 5.74) is 1.21. The van der Waals surface area contributed by atoms with Crippen molar-refractivity contribution in [3.05, 3.63) is 34.9 Å². The van der Waals surface area contributed by atoms with E-state index >= 15 is 0 Å². The number of benzene rings is 1. The summed E-state index contributed by atoms with van der Waals surface area (Å²) in [5.74, 6) is 0. The Morgan fingerprint density at radius 3 is 2.55 bits per heavy atom. The molecule has 1 aliphatic rings. The van der Waals surface area contributed by atoms with Gasteiger partial charge in [0.2, 0.25) is 0 Å². The van der Waals surface area contributed by atoms with Crippen LogP contribution in [0.4, 0.5) is 0 Å². The Morgan fingerprint density at radius 1 is 1.15 bits per heavy atom. The Bertz CT molecular complexity index is 386. The molecule has 0 spiro atoms. The first-order valence-electron chi connectivity index (χ1n) is 7.91. The predicted octanol–water partition coefficient (Wildman–Crippen LogP) is 4.08. The fourth-order valence-electron chi connectivity index (χ4n) is 2.94. The largest absolute Gasteiger partial charge is 0.313 e. The van der Waals surface area contributed by atoms with Gasteiger partial charge >= 0.3 is 0 Å². The van der Waals surface area contributed by atoms with E-state index in [4.69, 9.17) is 11.6 Å². The molecule has 0 aliphatic heterocycles. The third-order valence-corrected chi connectivity index (χ3v) is 4.55. The van der Waals surface area contributed by atoms with Gasteiger partial charge in [-0.2, -0.15) is 0 Å². The van der Waals surface area contributed by atoms with Crippen molar-refractivity contribution < 1.29 is 0 Å². The Morgan fingerprint density at radius 2 is 1.85 bits per heavy atom. The Labute approximate surface area is 128 Å². The van der Waals surface area contributed by atoms with Gasteiger partial charge in [-0.3, -0.25) is 0 Å². The predicted molar refractivity (Wildman–Crippen MR) is 87.3 cm³/mol. The maximum absolute atomic E-state index is 6.20. The summed E-state index contributed by atoms with van der Waals surface area (Å²) >= 11 is 6.20. The number of hydrogen-bond donors (Lipinski definition) is 1. The van der Waals surface area contributed by atoms with Crippen LogP contribution in [-0.2, 0) is 6.54 Å². The van der Waals surface area contributed by atoms with Crippen LogP contribution in [-0.4, -0.2) is 31.1 Å². The first-order chi connectivity index (χ1) is 9.75. The molecule has 0 aromatic heterocycles. The Balaban J connectivity index is 1.67. The summed E-state index contributed by atoms with van der Waals surface area (Å²) in [5, 5.41) is 4.59. The van der Waals surface area contributed by atoms with Crippen LogP contribution >= 0.6 is 11.6 Å². The molecule has 0 unspecified atom stereocenters. The highest BCUT2D eigenvalue weighted by Crippen LogP contribution is 2.17. The number of likely N-dealkylation sites (N-methyl/N-ethyl adjacent to an activating group) is 1. The second-order valence-corrected chi connectivity index (χ2v) is 6.38. The van der Waals surface area contributed by atoms with Crippen molar-refractivity contribution in [2.75, 3.05) is 20.1 Å². The van der Waals surface area contributed by atoms with E-state index in [1.54, 1.807) is 0 Å². The van der Waals surface area contributed by atoms with E-state index in [2.05, 4.69) is 29.4 Å². The monoisotopic (exact) mass is 294 g/mol. The summed E-state index contributed by atoms with van der Waals surface area (Å²) in [6.45, 7) is 3.07. The van der Waals surface area contributed by atoms with Crippen LogP contribution in [0.1, 0.15) is 44.1 Å². The van der Waals surface area contributed by atoms with Crippen molar-refractivity contribution in [1.29, 1.82) is 0 Å². The van der Waals surface area contributed by atoms with Crippen molar-refractivity contribution in [2.45, 2.75) is 51.1 Å². The average Bonchev–Trinajstić information content (AvgIpc) is 2.70. The number of hydrogen-bond acceptors (Lipinski definition) is 2. The van der Waals surface area contributed by atoms with Gasteiger partial charge in [0.1, 0.15) is 0 Å². The molecule has 0 radical (unpaired) electrons. The third-order valence-electron chi connectivity index (χ3n) is 4.18. The first-order valence-corrected chi connectivity index (χ1v) is 8.29. The molecule has 1 N–H and O–H groups in total. The van der Waals surface area contributed by atoms with Crippen LogP contribution in [0.2, 0.25) is 5.02 Å². The quantitative estimate of drug-likeness (QED) is 0.795. The van der Waals surface area contributed by atoms with Gasteiger partial charge in [0.25, 0.3) is 0 Å². The third kappa shape index (κ3) is 5.43. The summed E-state index contributed by atoms with van der Waals surface area (Å²) in [4.78, 5) is 2.34. The van der Waals surface area contributed by atoms with Gasteiger partial charge in [0, 0.05) is 30.7 Å². The molecule has 0 amide bonds. The molecule has 0 saturated heterocycles. The van der Waals surface area contributed by atoms with E-state index in [0.29, 0.717) is 0 Å². The summed E-state index contributed by atoms with van der Waals surface area (Å²) in [6, 6.07) is 8.86. The van der Waals surface area contributed by atoms with Crippen LogP contribution in [0.25, 0.3) is 0 Å². The highest BCUT2D eigenvalue weighted by atomic mass is 35.5. The standard InChI is InChI=1S/C17H27ClN2/c1-20(14-15-8-6-7-11-17(15)18)13-12-19-16-9-4-2-3-5-10-16/h6-8,11,16,19H,2-5,9-10,12-14H2,1H3. The van der Waals surface area contributed by atoms with Gasteiger partial charge in [-0.15, -0.1) is 0 Å². The van der Waals surface area contributed by atoms with Gasteiger partial charge in [0.15, 0.2) is 0 Å². The molecule has 2 nitrogen and oxygen atoms in total. The lowest BCUT2D eigenvalue weighted by molar-refractivity contribution is 0.312. The van der Waals surface area contributed by atoms with Gasteiger partial charge in [-0.1, -0.05) is 55.5 Å². The van der Waals surface area contributed by atoms with Crippen molar-refractivity contribution in [3.63, 3.8) is 0 Å². The van der Waals surface area contributed by atoms with Gasteiger partial charge in [-0.25, -0.2) is 0 Å². The van der Waals surface area contributed by atoms with E-state index in [-0.39, 0.29) is 0 Å². The minimum Gasteiger partial charge on any atom is -0.313 e. The maximum Gasteiger partial charge on any atom is 0.0451 e. The van der Waals surface area contributed by atoms with Gasteiger partial charge in [0.05, 0.1) is 0 Å². The molecule has 1 fully saturated rings. The second-order valence-electron chi connectivity index (χ2n) is 5.97. The lowest BCUT2D eigenvalue weighted by Crippen LogP contribution is -2.35. The Hall–Kier alpha value is -0.570. The van der Waals surface area contributed by atoms with E-state index in [0.717, 1.165) is 30.7 Å². The molecule has 1 saturated carbocycles. The SMILES string of the molecule is CN(CCNC1CCCCCC1)Cc1ccccc1Cl. The van der Waals surface area contributed by atoms with Crippen LogP contribution in [0.3, 0.4) is 0 Å². The fourth-order valence-corrected chi connectivity index (χ4v) is 3.13. The number of halogens is 1. The molecule has 1 aliphatic carbocycles. The van der Waals surface area contributed by atoms with E-state index < -0.39 is 0 Å². The number of nitrogens with zero attached hydrogens (tertiary/aromatic N) is 1. The van der Waals surface area contributed by atoms with Crippen LogP contribution < -0.4 is 5.32 Å². The summed E-state index contributed by atoms with van der Waals surface area (Å²) < 4.78 is 0. The zero-order valence-electron chi connectivity index (χ0n) is 12.6. The molecular formula is C17H27ClN2. The van der Waals surface area contributed by atoms with E-state index in [9.17, 15) is 0 Å². The van der Waals surface area contributed by atoms with Gasteiger partial charge < -0.3 is 10.2 Å². The first kappa shape index (κ1) is 15.8. The fraction of sp³-hybridized carbons (Fsp3) is 0.647. The summed E-state index contributed by atoms with van der Waals surface area (Å²) in [7, 11) is 2.16.